The van der Waals surface area contributed by atoms with Gasteiger partial charge < -0.3 is 0 Å². The van der Waals surface area contributed by atoms with Crippen molar-refractivity contribution in [3.8, 4) is 0 Å². The molecule has 0 amide bonds. The lowest BCUT2D eigenvalue weighted by atomic mass is 10.1. The Morgan fingerprint density at radius 2 is 2.22 bits per heavy atom. The normalized spacial score (nSPS) is 13.7. The third-order valence-corrected chi connectivity index (χ3v) is 1.03. The molecule has 9 heavy (non-hydrogen) atoms. The molecule has 0 saturated carbocycles. The smallest absolute Gasteiger partial charge is 0.0976 e. The van der Waals surface area contributed by atoms with E-state index in [0.29, 0.717) is 19.3 Å². The number of hydrogen-bond acceptors (Lipinski definition) is 0. The molecule has 55 valence electrons. The maximum atomic E-state index is 12.0. The SMILES string of the molecule is CC(F)C[CH]CCCF. The van der Waals surface area contributed by atoms with Crippen LogP contribution in [0.1, 0.15) is 26.2 Å². The van der Waals surface area contributed by atoms with Gasteiger partial charge in [0.2, 0.25) is 0 Å². The Labute approximate surface area is 55.3 Å². The molecule has 0 bridgehead atoms. The Bertz CT molecular complexity index is 52.9. The lowest BCUT2D eigenvalue weighted by Gasteiger charge is -1.97. The Balaban J connectivity index is 2.75. The second-order valence-corrected chi connectivity index (χ2v) is 2.14. The molecule has 0 aromatic carbocycles. The van der Waals surface area contributed by atoms with E-state index in [-0.39, 0.29) is 6.67 Å². The van der Waals surface area contributed by atoms with Gasteiger partial charge in [0.1, 0.15) is 0 Å². The van der Waals surface area contributed by atoms with Gasteiger partial charge in [-0.2, -0.15) is 0 Å². The summed E-state index contributed by atoms with van der Waals surface area (Å²) >= 11 is 0. The molecular formula is C7H13F2. The topological polar surface area (TPSA) is 0 Å². The highest BCUT2D eigenvalue weighted by atomic mass is 19.1. The third kappa shape index (κ3) is 7.86. The molecule has 0 aliphatic rings. The summed E-state index contributed by atoms with van der Waals surface area (Å²) in [6, 6.07) is 0. The van der Waals surface area contributed by atoms with Crippen molar-refractivity contribution in [1.29, 1.82) is 0 Å². The van der Waals surface area contributed by atoms with Gasteiger partial charge in [-0.25, -0.2) is 4.39 Å². The van der Waals surface area contributed by atoms with E-state index in [9.17, 15) is 8.78 Å². The molecule has 0 aromatic rings. The molecule has 1 atom stereocenters. The third-order valence-electron chi connectivity index (χ3n) is 1.03. The number of rotatable bonds is 5. The van der Waals surface area contributed by atoms with Crippen molar-refractivity contribution >= 4 is 0 Å². The zero-order valence-electron chi connectivity index (χ0n) is 5.74. The first-order valence-electron chi connectivity index (χ1n) is 3.29. The Kier molecular flexibility index (Phi) is 5.89. The van der Waals surface area contributed by atoms with Crippen LogP contribution in [0.15, 0.2) is 0 Å². The predicted molar refractivity (Wildman–Crippen MR) is 34.7 cm³/mol. The van der Waals surface area contributed by atoms with Crippen molar-refractivity contribution < 1.29 is 8.78 Å². The van der Waals surface area contributed by atoms with Crippen molar-refractivity contribution in [2.75, 3.05) is 6.67 Å². The van der Waals surface area contributed by atoms with Crippen LogP contribution in [0.5, 0.6) is 0 Å². The van der Waals surface area contributed by atoms with Gasteiger partial charge in [0, 0.05) is 0 Å². The maximum absolute atomic E-state index is 12.0. The van der Waals surface area contributed by atoms with Crippen LogP contribution in [-0.2, 0) is 0 Å². The van der Waals surface area contributed by atoms with Crippen molar-refractivity contribution in [3.63, 3.8) is 0 Å². The monoisotopic (exact) mass is 135 g/mol. The fraction of sp³-hybridized carbons (Fsp3) is 0.857. The summed E-state index contributed by atoms with van der Waals surface area (Å²) < 4.78 is 23.4. The van der Waals surface area contributed by atoms with Crippen LogP contribution in [0.4, 0.5) is 8.78 Å². The largest absolute Gasteiger partial charge is 0.251 e. The van der Waals surface area contributed by atoms with Crippen LogP contribution in [0.3, 0.4) is 0 Å². The second kappa shape index (κ2) is 5.99. The number of hydrogen-bond donors (Lipinski definition) is 0. The minimum Gasteiger partial charge on any atom is -0.251 e. The Morgan fingerprint density at radius 3 is 2.67 bits per heavy atom. The fourth-order valence-corrected chi connectivity index (χ4v) is 0.569. The number of alkyl halides is 2. The van der Waals surface area contributed by atoms with Crippen LogP contribution in [0.25, 0.3) is 0 Å². The van der Waals surface area contributed by atoms with Crippen LogP contribution >= 0.6 is 0 Å². The van der Waals surface area contributed by atoms with Crippen molar-refractivity contribution in [2.45, 2.75) is 32.4 Å². The van der Waals surface area contributed by atoms with Gasteiger partial charge in [-0.3, -0.25) is 4.39 Å². The van der Waals surface area contributed by atoms with E-state index in [1.165, 1.54) is 6.92 Å². The lowest BCUT2D eigenvalue weighted by Crippen LogP contribution is -1.92. The highest BCUT2D eigenvalue weighted by molar-refractivity contribution is 4.67. The zero-order chi connectivity index (χ0) is 7.11. The van der Waals surface area contributed by atoms with E-state index in [0.717, 1.165) is 0 Å². The molecule has 2 heteroatoms. The minimum atomic E-state index is -0.774. The molecule has 0 spiro atoms. The average molecular weight is 135 g/mol. The van der Waals surface area contributed by atoms with Crippen LogP contribution in [-0.4, -0.2) is 12.8 Å². The molecule has 0 N–H and O–H groups in total. The summed E-state index contributed by atoms with van der Waals surface area (Å²) in [6.45, 7) is 1.21. The van der Waals surface area contributed by atoms with Crippen LogP contribution in [0, 0.1) is 6.42 Å². The molecule has 0 heterocycles. The molecule has 0 rings (SSSR count). The first kappa shape index (κ1) is 8.86. The van der Waals surface area contributed by atoms with Gasteiger partial charge in [-0.15, -0.1) is 0 Å². The predicted octanol–water partition coefficient (Wildman–Crippen LogP) is 2.69. The first-order chi connectivity index (χ1) is 4.27. The van der Waals surface area contributed by atoms with E-state index in [2.05, 4.69) is 0 Å². The minimum absolute atomic E-state index is 0.294. The van der Waals surface area contributed by atoms with Crippen molar-refractivity contribution in [1.82, 2.24) is 0 Å². The maximum Gasteiger partial charge on any atom is 0.0976 e. The molecular weight excluding hydrogens is 122 g/mol. The zero-order valence-corrected chi connectivity index (χ0v) is 5.74. The van der Waals surface area contributed by atoms with Gasteiger partial charge in [0.05, 0.1) is 12.8 Å². The van der Waals surface area contributed by atoms with Gasteiger partial charge in [0.25, 0.3) is 0 Å². The molecule has 0 aromatic heterocycles. The average Bonchev–Trinajstić information content (AvgIpc) is 1.80. The molecule has 0 saturated heterocycles. The highest BCUT2D eigenvalue weighted by Gasteiger charge is 1.96. The standard InChI is InChI=1S/C7H13F2/c1-7(9)5-3-2-4-6-8/h3,7H,2,4-6H2,1H3. The van der Waals surface area contributed by atoms with E-state index < -0.39 is 6.17 Å². The van der Waals surface area contributed by atoms with Gasteiger partial charge in [-0.1, -0.05) is 0 Å². The van der Waals surface area contributed by atoms with Crippen molar-refractivity contribution in [2.24, 2.45) is 0 Å². The number of unbranched alkanes of at least 4 members (excludes halogenated alkanes) is 2. The summed E-state index contributed by atoms with van der Waals surface area (Å²) in [5.41, 5.74) is 0. The van der Waals surface area contributed by atoms with Crippen LogP contribution < -0.4 is 0 Å². The second-order valence-electron chi connectivity index (χ2n) is 2.14. The molecule has 1 unspecified atom stereocenters. The lowest BCUT2D eigenvalue weighted by molar-refractivity contribution is 0.352. The van der Waals surface area contributed by atoms with Gasteiger partial charge >= 0.3 is 0 Å². The summed E-state index contributed by atoms with van der Waals surface area (Å²) in [5, 5.41) is 0. The van der Waals surface area contributed by atoms with E-state index >= 15 is 0 Å². The number of halogens is 2. The van der Waals surface area contributed by atoms with E-state index in [1.54, 1.807) is 6.42 Å². The van der Waals surface area contributed by atoms with Gasteiger partial charge in [0.15, 0.2) is 0 Å². The van der Waals surface area contributed by atoms with Crippen LogP contribution in [0.2, 0.25) is 0 Å². The van der Waals surface area contributed by atoms with E-state index in [1.807, 2.05) is 0 Å². The van der Waals surface area contributed by atoms with Crippen molar-refractivity contribution in [3.05, 3.63) is 6.42 Å². The first-order valence-corrected chi connectivity index (χ1v) is 3.29. The summed E-state index contributed by atoms with van der Waals surface area (Å²) in [5.74, 6) is 0. The molecule has 0 nitrogen and oxygen atoms in total. The molecule has 0 aliphatic heterocycles. The summed E-state index contributed by atoms with van der Waals surface area (Å²) in [7, 11) is 0. The van der Waals surface area contributed by atoms with E-state index in [4.69, 9.17) is 0 Å². The Hall–Kier alpha value is -0.140. The Morgan fingerprint density at radius 1 is 1.56 bits per heavy atom. The summed E-state index contributed by atoms with van der Waals surface area (Å²) in [4.78, 5) is 0. The van der Waals surface area contributed by atoms with Gasteiger partial charge in [-0.05, 0) is 32.6 Å². The highest BCUT2D eigenvalue weighted by Crippen LogP contribution is 2.04. The molecule has 1 radical (unpaired) electrons. The summed E-state index contributed by atoms with van der Waals surface area (Å²) in [6.07, 6.45) is 2.71. The molecule has 0 aliphatic carbocycles. The quantitative estimate of drug-likeness (QED) is 0.508. The fourth-order valence-electron chi connectivity index (χ4n) is 0.569. The molecule has 0 fully saturated rings.